The smallest absolute Gasteiger partial charge is 0.339 e. The van der Waals surface area contributed by atoms with Gasteiger partial charge < -0.3 is 15.9 Å². The molecule has 2 aromatic carbocycles. The fourth-order valence-electron chi connectivity index (χ4n) is 1.79. The Morgan fingerprint density at radius 2 is 1.60 bits per heavy atom. The molecule has 0 aliphatic heterocycles. The molecule has 4 N–H and O–H groups in total. The number of primary amides is 1. The molecule has 0 atom stereocenters. The minimum absolute atomic E-state index is 0.158. The summed E-state index contributed by atoms with van der Waals surface area (Å²) < 4.78 is 0. The van der Waals surface area contributed by atoms with Crippen LogP contribution in [0.25, 0.3) is 11.1 Å². The highest BCUT2D eigenvalue weighted by molar-refractivity contribution is 6.33. The zero-order valence-electron chi connectivity index (χ0n) is 10.1. The number of rotatable bonds is 3. The van der Waals surface area contributed by atoms with E-state index in [2.05, 4.69) is 0 Å². The molecule has 0 aliphatic carbocycles. The molecule has 6 heteroatoms. The first kappa shape index (κ1) is 13.9. The molecule has 0 bridgehead atoms. The Balaban J connectivity index is 2.52. The quantitative estimate of drug-likeness (QED) is 0.808. The molecular formula is C14H10ClNO4. The van der Waals surface area contributed by atoms with Crippen molar-refractivity contribution < 1.29 is 19.8 Å². The third-order valence-electron chi connectivity index (χ3n) is 2.79. The first-order chi connectivity index (χ1) is 9.40. The normalized spacial score (nSPS) is 10.2. The van der Waals surface area contributed by atoms with Crippen molar-refractivity contribution in [1.29, 1.82) is 0 Å². The van der Waals surface area contributed by atoms with Crippen LogP contribution in [0.3, 0.4) is 0 Å². The van der Waals surface area contributed by atoms with Crippen LogP contribution in [0, 0.1) is 0 Å². The summed E-state index contributed by atoms with van der Waals surface area (Å²) in [5, 5.41) is 18.7. The van der Waals surface area contributed by atoms with Gasteiger partial charge in [0.2, 0.25) is 5.91 Å². The van der Waals surface area contributed by atoms with Crippen molar-refractivity contribution in [3.63, 3.8) is 0 Å². The summed E-state index contributed by atoms with van der Waals surface area (Å²) in [7, 11) is 0. The molecule has 5 nitrogen and oxygen atoms in total. The molecule has 2 aromatic rings. The number of carboxylic acids is 1. The summed E-state index contributed by atoms with van der Waals surface area (Å²) in [6, 6.07) is 8.75. The van der Waals surface area contributed by atoms with Gasteiger partial charge in [-0.25, -0.2) is 4.79 Å². The van der Waals surface area contributed by atoms with Crippen molar-refractivity contribution in [3.8, 4) is 16.9 Å². The van der Waals surface area contributed by atoms with Gasteiger partial charge in [0.25, 0.3) is 0 Å². The van der Waals surface area contributed by atoms with E-state index in [1.54, 1.807) is 6.07 Å². The lowest BCUT2D eigenvalue weighted by Gasteiger charge is -2.07. The second-order valence-corrected chi connectivity index (χ2v) is 4.50. The zero-order valence-corrected chi connectivity index (χ0v) is 10.9. The van der Waals surface area contributed by atoms with E-state index in [0.29, 0.717) is 11.1 Å². The number of halogens is 1. The number of phenols is 1. The fraction of sp³-hybridized carbons (Fsp3) is 0. The third kappa shape index (κ3) is 2.57. The van der Waals surface area contributed by atoms with E-state index in [9.17, 15) is 14.7 Å². The van der Waals surface area contributed by atoms with Gasteiger partial charge in [-0.2, -0.15) is 0 Å². The van der Waals surface area contributed by atoms with Gasteiger partial charge in [-0.15, -0.1) is 0 Å². The van der Waals surface area contributed by atoms with Crippen molar-refractivity contribution in [2.24, 2.45) is 5.73 Å². The van der Waals surface area contributed by atoms with Crippen LogP contribution in [0.5, 0.6) is 5.75 Å². The molecule has 1 amide bonds. The summed E-state index contributed by atoms with van der Waals surface area (Å²) in [4.78, 5) is 22.0. The Morgan fingerprint density at radius 1 is 1.00 bits per heavy atom. The molecule has 0 radical (unpaired) electrons. The third-order valence-corrected chi connectivity index (χ3v) is 3.12. The minimum Gasteiger partial charge on any atom is -0.507 e. The largest absolute Gasteiger partial charge is 0.507 e. The monoisotopic (exact) mass is 291 g/mol. The molecule has 0 saturated heterocycles. The number of nitrogens with two attached hydrogens (primary N) is 1. The van der Waals surface area contributed by atoms with Crippen molar-refractivity contribution in [3.05, 3.63) is 52.5 Å². The van der Waals surface area contributed by atoms with E-state index < -0.39 is 11.9 Å². The van der Waals surface area contributed by atoms with Crippen molar-refractivity contribution in [2.45, 2.75) is 0 Å². The van der Waals surface area contributed by atoms with Gasteiger partial charge in [0.15, 0.2) is 0 Å². The van der Waals surface area contributed by atoms with E-state index in [1.165, 1.54) is 30.3 Å². The van der Waals surface area contributed by atoms with Gasteiger partial charge in [0, 0.05) is 0 Å². The molecule has 0 aromatic heterocycles. The molecule has 0 spiro atoms. The number of carboxylic acid groups (broad SMARTS) is 1. The molecule has 102 valence electrons. The Morgan fingerprint density at radius 3 is 2.15 bits per heavy atom. The number of carbonyl (C=O) groups is 2. The Labute approximate surface area is 119 Å². The number of amides is 1. The summed E-state index contributed by atoms with van der Waals surface area (Å²) in [5.41, 5.74) is 6.31. The standard InChI is InChI=1S/C14H10ClNO4/c15-11-4-2-7(5-10(11)13(16)18)8-1-3-9(14(19)20)12(17)6-8/h1-6,17H,(H2,16,18)(H,19,20). The van der Waals surface area contributed by atoms with E-state index in [1.807, 2.05) is 0 Å². The van der Waals surface area contributed by atoms with E-state index in [-0.39, 0.29) is 21.9 Å². The molecule has 0 saturated carbocycles. The van der Waals surface area contributed by atoms with Gasteiger partial charge in [-0.1, -0.05) is 23.7 Å². The maximum Gasteiger partial charge on any atom is 0.339 e. The van der Waals surface area contributed by atoms with Crippen molar-refractivity contribution in [2.75, 3.05) is 0 Å². The Bertz CT molecular complexity index is 712. The predicted molar refractivity (Wildman–Crippen MR) is 74.0 cm³/mol. The number of carbonyl (C=O) groups excluding carboxylic acids is 1. The van der Waals surface area contributed by atoms with Crippen LogP contribution in [0.1, 0.15) is 20.7 Å². The van der Waals surface area contributed by atoms with Crippen LogP contribution in [0.15, 0.2) is 36.4 Å². The van der Waals surface area contributed by atoms with Crippen LogP contribution < -0.4 is 5.73 Å². The van der Waals surface area contributed by atoms with Crippen LogP contribution >= 0.6 is 11.6 Å². The van der Waals surface area contributed by atoms with Gasteiger partial charge in [0.05, 0.1) is 10.6 Å². The maximum absolute atomic E-state index is 11.2. The lowest BCUT2D eigenvalue weighted by Crippen LogP contribution is -2.11. The number of aromatic hydroxyl groups is 1. The van der Waals surface area contributed by atoms with Crippen LogP contribution in [0.4, 0.5) is 0 Å². The number of benzene rings is 2. The zero-order chi connectivity index (χ0) is 14.9. The molecule has 2 rings (SSSR count). The molecule has 0 unspecified atom stereocenters. The summed E-state index contributed by atoms with van der Waals surface area (Å²) in [6.07, 6.45) is 0. The maximum atomic E-state index is 11.2. The average molecular weight is 292 g/mol. The number of hydrogen-bond donors (Lipinski definition) is 3. The molecule has 0 aliphatic rings. The molecule has 0 fully saturated rings. The van der Waals surface area contributed by atoms with Gasteiger partial charge >= 0.3 is 5.97 Å². The first-order valence-electron chi connectivity index (χ1n) is 5.56. The van der Waals surface area contributed by atoms with Crippen LogP contribution in [-0.2, 0) is 0 Å². The Hall–Kier alpha value is -2.53. The highest BCUT2D eigenvalue weighted by atomic mass is 35.5. The van der Waals surface area contributed by atoms with Crippen molar-refractivity contribution >= 4 is 23.5 Å². The van der Waals surface area contributed by atoms with Crippen LogP contribution in [-0.4, -0.2) is 22.1 Å². The topological polar surface area (TPSA) is 101 Å². The van der Waals surface area contributed by atoms with Crippen LogP contribution in [0.2, 0.25) is 5.02 Å². The fourth-order valence-corrected chi connectivity index (χ4v) is 2.00. The van der Waals surface area contributed by atoms with E-state index >= 15 is 0 Å². The predicted octanol–water partition coefficient (Wildman–Crippen LogP) is 2.51. The molecule has 20 heavy (non-hydrogen) atoms. The summed E-state index contributed by atoms with van der Waals surface area (Å²) >= 11 is 5.85. The van der Waals surface area contributed by atoms with E-state index in [4.69, 9.17) is 22.4 Å². The molecular weight excluding hydrogens is 282 g/mol. The first-order valence-corrected chi connectivity index (χ1v) is 5.94. The van der Waals surface area contributed by atoms with Gasteiger partial charge in [0.1, 0.15) is 11.3 Å². The summed E-state index contributed by atoms with van der Waals surface area (Å²) in [6.45, 7) is 0. The van der Waals surface area contributed by atoms with Gasteiger partial charge in [-0.3, -0.25) is 4.79 Å². The molecule has 0 heterocycles. The number of hydrogen-bond acceptors (Lipinski definition) is 3. The van der Waals surface area contributed by atoms with Gasteiger partial charge in [-0.05, 0) is 35.4 Å². The number of aromatic carboxylic acids is 1. The van der Waals surface area contributed by atoms with Crippen molar-refractivity contribution in [1.82, 2.24) is 0 Å². The van der Waals surface area contributed by atoms with E-state index in [0.717, 1.165) is 0 Å². The highest BCUT2D eigenvalue weighted by Crippen LogP contribution is 2.29. The lowest BCUT2D eigenvalue weighted by molar-refractivity contribution is 0.0693. The second-order valence-electron chi connectivity index (χ2n) is 4.10. The Kier molecular flexibility index (Phi) is 3.63. The average Bonchev–Trinajstić information content (AvgIpc) is 2.38. The lowest BCUT2D eigenvalue weighted by atomic mass is 10.0. The minimum atomic E-state index is -1.22. The second kappa shape index (κ2) is 5.22. The SMILES string of the molecule is NC(=O)c1cc(-c2ccc(C(=O)O)c(O)c2)ccc1Cl. The highest BCUT2D eigenvalue weighted by Gasteiger charge is 2.12. The summed E-state index contributed by atoms with van der Waals surface area (Å²) in [5.74, 6) is -2.24.